The molecule has 1 unspecified atom stereocenters. The Labute approximate surface area is 163 Å². The van der Waals surface area contributed by atoms with Gasteiger partial charge in [0, 0.05) is 24.6 Å². The highest BCUT2D eigenvalue weighted by atomic mass is 32.2. The Kier molecular flexibility index (Phi) is 4.59. The summed E-state index contributed by atoms with van der Waals surface area (Å²) in [6.07, 6.45) is 1.46. The fourth-order valence-electron chi connectivity index (χ4n) is 3.12. The summed E-state index contributed by atoms with van der Waals surface area (Å²) in [4.78, 5) is 16.1. The van der Waals surface area contributed by atoms with Gasteiger partial charge in [0.2, 0.25) is 15.2 Å². The van der Waals surface area contributed by atoms with Gasteiger partial charge in [-0.3, -0.25) is 4.57 Å². The number of aromatic nitrogens is 4. The minimum atomic E-state index is -4.32. The molecule has 0 radical (unpaired) electrons. The molecule has 2 heterocycles. The van der Waals surface area contributed by atoms with Crippen molar-refractivity contribution in [2.24, 2.45) is 13.0 Å². The number of hydrogen-bond acceptors (Lipinski definition) is 6. The molecule has 0 amide bonds. The molecule has 1 aromatic carbocycles. The molecule has 1 aliphatic rings. The number of alkyl halides is 1. The van der Waals surface area contributed by atoms with Crippen LogP contribution in [0.5, 0.6) is 0 Å². The number of imidazole rings is 1. The van der Waals surface area contributed by atoms with E-state index in [1.807, 2.05) is 0 Å². The van der Waals surface area contributed by atoms with Crippen molar-refractivity contribution in [3.05, 3.63) is 34.3 Å². The van der Waals surface area contributed by atoms with Gasteiger partial charge < -0.3 is 0 Å². The van der Waals surface area contributed by atoms with E-state index in [0.717, 1.165) is 36.5 Å². The third-order valence-corrected chi connectivity index (χ3v) is 7.07. The smallest absolute Gasteiger partial charge is 0.295 e. The molecule has 0 saturated heterocycles. The molecule has 1 N–H and O–H groups in total. The van der Waals surface area contributed by atoms with Gasteiger partial charge in [-0.2, -0.15) is 4.37 Å². The van der Waals surface area contributed by atoms with E-state index in [0.29, 0.717) is 5.82 Å². The van der Waals surface area contributed by atoms with Gasteiger partial charge in [0.05, 0.1) is 17.1 Å². The number of nitrogens with one attached hydrogen (secondary N) is 1. The number of hydrogen-bond donors (Lipinski definition) is 1. The van der Waals surface area contributed by atoms with Crippen LogP contribution in [-0.4, -0.2) is 39.6 Å². The van der Waals surface area contributed by atoms with Crippen LogP contribution in [0.15, 0.2) is 21.8 Å². The maximum absolute atomic E-state index is 14.7. The van der Waals surface area contributed by atoms with Crippen molar-refractivity contribution in [1.82, 2.24) is 23.2 Å². The van der Waals surface area contributed by atoms with E-state index < -0.39 is 39.1 Å². The fraction of sp³-hybridized carbons (Fsp3) is 0.438. The number of sulfonamides is 1. The lowest BCUT2D eigenvalue weighted by Gasteiger charge is -2.15. The fourth-order valence-corrected chi connectivity index (χ4v) is 5.17. The van der Waals surface area contributed by atoms with Crippen molar-refractivity contribution < 1.29 is 17.2 Å². The lowest BCUT2D eigenvalue weighted by molar-refractivity contribution is 0.379. The highest BCUT2D eigenvalue weighted by Gasteiger charge is 2.35. The molecule has 150 valence electrons. The zero-order valence-electron chi connectivity index (χ0n) is 15.0. The second-order valence-electron chi connectivity index (χ2n) is 6.79. The SMILES string of the molecule is Cc1nsc(-n2c(=O)n(C)c3cc(F)c(S(=O)(=O)NC(CF)C4CC4)cc32)n1. The standard InChI is InChI=1S/C16H17F2N5O3S2/c1-8-19-15(27-20-8)23-13-6-14(10(18)5-12(13)22(2)16(23)24)28(25,26)21-11(7-17)9-3-4-9/h5-6,9,11,21H,3-4,7H2,1-2H3. The summed E-state index contributed by atoms with van der Waals surface area (Å²) in [7, 11) is -2.87. The molecule has 1 fully saturated rings. The summed E-state index contributed by atoms with van der Waals surface area (Å²) in [6, 6.07) is 1.17. The third-order valence-electron chi connectivity index (χ3n) is 4.77. The van der Waals surface area contributed by atoms with Crippen LogP contribution in [0.4, 0.5) is 8.78 Å². The lowest BCUT2D eigenvalue weighted by Crippen LogP contribution is -2.38. The van der Waals surface area contributed by atoms with Crippen LogP contribution in [-0.2, 0) is 17.1 Å². The minimum Gasteiger partial charge on any atom is -0.295 e. The molecule has 2 aromatic heterocycles. The topological polar surface area (TPSA) is 98.9 Å². The van der Waals surface area contributed by atoms with Crippen LogP contribution in [0.25, 0.3) is 16.2 Å². The Morgan fingerprint density at radius 3 is 2.64 bits per heavy atom. The zero-order chi connectivity index (χ0) is 20.2. The van der Waals surface area contributed by atoms with Gasteiger partial charge in [-0.1, -0.05) is 0 Å². The Morgan fingerprint density at radius 1 is 1.36 bits per heavy atom. The number of halogens is 2. The molecule has 12 heteroatoms. The second-order valence-corrected chi connectivity index (χ2v) is 9.20. The van der Waals surface area contributed by atoms with Gasteiger partial charge >= 0.3 is 5.69 Å². The molecule has 4 rings (SSSR count). The number of nitrogens with zero attached hydrogens (tertiary/aromatic N) is 4. The second kappa shape index (κ2) is 6.71. The van der Waals surface area contributed by atoms with E-state index in [9.17, 15) is 22.0 Å². The number of aryl methyl sites for hydroxylation is 2. The third kappa shape index (κ3) is 3.14. The van der Waals surface area contributed by atoms with Gasteiger partial charge in [0.1, 0.15) is 23.2 Å². The Bertz CT molecular complexity index is 1230. The van der Waals surface area contributed by atoms with E-state index in [4.69, 9.17) is 0 Å². The summed E-state index contributed by atoms with van der Waals surface area (Å²) in [5.74, 6) is -0.642. The van der Waals surface area contributed by atoms with E-state index in [1.54, 1.807) is 6.92 Å². The van der Waals surface area contributed by atoms with Crippen molar-refractivity contribution >= 4 is 32.6 Å². The average Bonchev–Trinajstić information content (AvgIpc) is 3.36. The average molecular weight is 429 g/mol. The van der Waals surface area contributed by atoms with Gasteiger partial charge in [-0.15, -0.1) is 0 Å². The first-order valence-corrected chi connectivity index (χ1v) is 10.8. The normalized spacial score (nSPS) is 16.0. The summed E-state index contributed by atoms with van der Waals surface area (Å²) in [6.45, 7) is 0.790. The molecule has 0 aliphatic heterocycles. The van der Waals surface area contributed by atoms with Crippen molar-refractivity contribution in [3.8, 4) is 5.13 Å². The summed E-state index contributed by atoms with van der Waals surface area (Å²) in [5.41, 5.74) is -0.125. The summed E-state index contributed by atoms with van der Waals surface area (Å²) < 4.78 is 61.9. The van der Waals surface area contributed by atoms with Crippen LogP contribution in [0.3, 0.4) is 0 Å². The molecular weight excluding hydrogens is 412 g/mol. The largest absolute Gasteiger partial charge is 0.335 e. The van der Waals surface area contributed by atoms with Crippen molar-refractivity contribution in [2.45, 2.75) is 30.7 Å². The van der Waals surface area contributed by atoms with Crippen LogP contribution in [0.2, 0.25) is 0 Å². The molecule has 0 bridgehead atoms. The van der Waals surface area contributed by atoms with Gasteiger partial charge in [-0.05, 0) is 31.7 Å². The molecule has 3 aromatic rings. The maximum Gasteiger partial charge on any atom is 0.335 e. The monoisotopic (exact) mass is 429 g/mol. The van der Waals surface area contributed by atoms with E-state index in [2.05, 4.69) is 14.1 Å². The molecule has 0 spiro atoms. The predicted octanol–water partition coefficient (Wildman–Crippen LogP) is 1.65. The molecular formula is C16H17F2N5O3S2. The van der Waals surface area contributed by atoms with Crippen LogP contribution in [0.1, 0.15) is 18.7 Å². The van der Waals surface area contributed by atoms with Crippen LogP contribution >= 0.6 is 11.5 Å². The molecule has 28 heavy (non-hydrogen) atoms. The van der Waals surface area contributed by atoms with Crippen LogP contribution in [0, 0.1) is 18.7 Å². The quantitative estimate of drug-likeness (QED) is 0.643. The molecule has 1 aliphatic carbocycles. The molecule has 1 atom stereocenters. The van der Waals surface area contributed by atoms with E-state index in [-0.39, 0.29) is 22.1 Å². The Hall–Kier alpha value is -2.18. The van der Waals surface area contributed by atoms with Crippen LogP contribution < -0.4 is 10.4 Å². The first kappa shape index (κ1) is 19.2. The van der Waals surface area contributed by atoms with E-state index >= 15 is 0 Å². The molecule has 1 saturated carbocycles. The first-order valence-electron chi connectivity index (χ1n) is 8.53. The van der Waals surface area contributed by atoms with E-state index in [1.165, 1.54) is 16.2 Å². The number of benzene rings is 1. The highest BCUT2D eigenvalue weighted by Crippen LogP contribution is 2.34. The lowest BCUT2D eigenvalue weighted by atomic mass is 10.2. The summed E-state index contributed by atoms with van der Waals surface area (Å²) >= 11 is 0.969. The minimum absolute atomic E-state index is 0.0779. The van der Waals surface area contributed by atoms with Crippen molar-refractivity contribution in [1.29, 1.82) is 0 Å². The van der Waals surface area contributed by atoms with Gasteiger partial charge in [0.15, 0.2) is 0 Å². The summed E-state index contributed by atoms with van der Waals surface area (Å²) in [5, 5.41) is 0.246. The molecule has 8 nitrogen and oxygen atoms in total. The first-order chi connectivity index (χ1) is 13.2. The van der Waals surface area contributed by atoms with Crippen molar-refractivity contribution in [3.63, 3.8) is 0 Å². The predicted molar refractivity (Wildman–Crippen MR) is 99.5 cm³/mol. The maximum atomic E-state index is 14.7. The zero-order valence-corrected chi connectivity index (χ0v) is 16.6. The van der Waals surface area contributed by atoms with Crippen molar-refractivity contribution in [2.75, 3.05) is 6.67 Å². The van der Waals surface area contributed by atoms with Gasteiger partial charge in [-0.25, -0.2) is 36.3 Å². The number of rotatable bonds is 6. The Balaban J connectivity index is 1.88. The van der Waals surface area contributed by atoms with Gasteiger partial charge in [0.25, 0.3) is 0 Å². The highest BCUT2D eigenvalue weighted by molar-refractivity contribution is 7.89. The number of fused-ring (bicyclic) bond motifs is 1. The Morgan fingerprint density at radius 2 is 2.07 bits per heavy atom.